The van der Waals surface area contributed by atoms with Crippen LogP contribution in [-0.2, 0) is 9.84 Å². The molecule has 0 aliphatic rings. The van der Waals surface area contributed by atoms with Crippen molar-refractivity contribution in [3.05, 3.63) is 102 Å². The molecular weight excluding hydrogens is 500 g/mol. The summed E-state index contributed by atoms with van der Waals surface area (Å²) in [6, 6.07) is 27.9. The first kappa shape index (κ1) is 23.2. The van der Waals surface area contributed by atoms with Gasteiger partial charge in [-0.15, -0.1) is 0 Å². The van der Waals surface area contributed by atoms with Gasteiger partial charge < -0.3 is 0 Å². The van der Waals surface area contributed by atoms with Crippen LogP contribution < -0.4 is 5.32 Å². The number of nitrogens with one attached hydrogen (secondary N) is 1. The lowest BCUT2D eigenvalue weighted by Crippen LogP contribution is -2.11. The van der Waals surface area contributed by atoms with Crippen LogP contribution in [0, 0.1) is 0 Å². The van der Waals surface area contributed by atoms with Gasteiger partial charge in [0.15, 0.2) is 15.0 Å². The average Bonchev–Trinajstić information content (AvgIpc) is 3.26. The molecule has 35 heavy (non-hydrogen) atoms. The van der Waals surface area contributed by atoms with Gasteiger partial charge in [-0.25, -0.2) is 13.4 Å². The Bertz CT molecular complexity index is 1660. The van der Waals surface area contributed by atoms with E-state index in [1.54, 1.807) is 30.3 Å². The summed E-state index contributed by atoms with van der Waals surface area (Å²) in [5.41, 5.74) is 4.92. The fraction of sp³-hybridized carbons (Fsp3) is 0.0370. The van der Waals surface area contributed by atoms with E-state index in [-0.39, 0.29) is 10.8 Å². The van der Waals surface area contributed by atoms with Crippen LogP contribution in [0.5, 0.6) is 0 Å². The van der Waals surface area contributed by atoms with Crippen LogP contribution in [0.3, 0.4) is 0 Å². The van der Waals surface area contributed by atoms with Crippen molar-refractivity contribution >= 4 is 54.0 Å². The molecule has 0 aliphatic heterocycles. The SMILES string of the molecule is CS(=O)(=O)c1ccc2nc(NC(=O)c3ccc(Cl)c(-c4ccc(-c5ccccc5)cc4)c3)sc2c1. The number of amides is 1. The molecule has 0 fully saturated rings. The molecule has 0 unspecified atom stereocenters. The third-order valence-corrected chi connectivity index (χ3v) is 7.91. The largest absolute Gasteiger partial charge is 0.298 e. The van der Waals surface area contributed by atoms with E-state index in [1.807, 2.05) is 42.5 Å². The van der Waals surface area contributed by atoms with Crippen LogP contribution in [0.1, 0.15) is 10.4 Å². The minimum absolute atomic E-state index is 0.215. The highest BCUT2D eigenvalue weighted by Crippen LogP contribution is 2.32. The first-order valence-corrected chi connectivity index (χ1v) is 13.7. The number of thiazole rings is 1. The van der Waals surface area contributed by atoms with Gasteiger partial charge in [0.2, 0.25) is 0 Å². The standard InChI is InChI=1S/C27H19ClN2O3S2/c1-35(32,33)21-12-14-24-25(16-21)34-27(29-24)30-26(31)20-11-13-23(28)22(15-20)19-9-7-18(8-10-19)17-5-3-2-4-6-17/h2-16H,1H3,(H,29,30,31). The lowest BCUT2D eigenvalue weighted by molar-refractivity contribution is 0.102. The van der Waals surface area contributed by atoms with E-state index in [9.17, 15) is 13.2 Å². The van der Waals surface area contributed by atoms with Crippen LogP contribution in [-0.4, -0.2) is 25.6 Å². The third-order valence-electron chi connectivity index (χ3n) is 5.54. The molecule has 0 aliphatic carbocycles. The number of fused-ring (bicyclic) bond motifs is 1. The molecular formula is C27H19ClN2O3S2. The topological polar surface area (TPSA) is 76.1 Å². The van der Waals surface area contributed by atoms with Crippen LogP contribution in [0.2, 0.25) is 5.02 Å². The van der Waals surface area contributed by atoms with E-state index in [4.69, 9.17) is 11.6 Å². The Balaban J connectivity index is 1.40. The maximum atomic E-state index is 13.0. The third kappa shape index (κ3) is 4.98. The predicted octanol–water partition coefficient (Wildman–Crippen LogP) is 6.94. The second-order valence-corrected chi connectivity index (χ2v) is 11.5. The molecule has 0 saturated heterocycles. The summed E-state index contributed by atoms with van der Waals surface area (Å²) in [5, 5.41) is 3.74. The Morgan fingerprint density at radius 3 is 2.26 bits per heavy atom. The molecule has 0 radical (unpaired) electrons. The highest BCUT2D eigenvalue weighted by molar-refractivity contribution is 7.90. The number of rotatable bonds is 5. The van der Waals surface area contributed by atoms with Crippen molar-refractivity contribution in [2.45, 2.75) is 4.90 Å². The monoisotopic (exact) mass is 518 g/mol. The fourth-order valence-electron chi connectivity index (χ4n) is 3.72. The summed E-state index contributed by atoms with van der Waals surface area (Å²) in [4.78, 5) is 17.6. The number of carbonyl (C=O) groups excluding carboxylic acids is 1. The summed E-state index contributed by atoms with van der Waals surface area (Å²) in [5.74, 6) is -0.328. The van der Waals surface area contributed by atoms with Gasteiger partial charge in [0.05, 0.1) is 15.1 Å². The minimum Gasteiger partial charge on any atom is -0.298 e. The molecule has 0 spiro atoms. The van der Waals surface area contributed by atoms with E-state index in [2.05, 4.69) is 22.4 Å². The first-order chi connectivity index (χ1) is 16.8. The van der Waals surface area contributed by atoms with Gasteiger partial charge in [-0.2, -0.15) is 0 Å². The van der Waals surface area contributed by atoms with Gasteiger partial charge in [0.25, 0.3) is 5.91 Å². The predicted molar refractivity (Wildman–Crippen MR) is 143 cm³/mol. The van der Waals surface area contributed by atoms with Crippen molar-refractivity contribution in [1.82, 2.24) is 4.98 Å². The molecule has 1 aromatic heterocycles. The van der Waals surface area contributed by atoms with E-state index < -0.39 is 9.84 Å². The van der Waals surface area contributed by atoms with Crippen LogP contribution in [0.25, 0.3) is 32.5 Å². The Morgan fingerprint density at radius 2 is 1.54 bits per heavy atom. The number of carbonyl (C=O) groups is 1. The molecule has 0 saturated carbocycles. The summed E-state index contributed by atoms with van der Waals surface area (Å²) in [6.07, 6.45) is 1.16. The van der Waals surface area contributed by atoms with Crippen molar-refractivity contribution < 1.29 is 13.2 Å². The van der Waals surface area contributed by atoms with Crippen LogP contribution in [0.4, 0.5) is 5.13 Å². The highest BCUT2D eigenvalue weighted by atomic mass is 35.5. The molecule has 174 valence electrons. The molecule has 1 heterocycles. The zero-order chi connectivity index (χ0) is 24.6. The van der Waals surface area contributed by atoms with E-state index >= 15 is 0 Å². The Kier molecular flexibility index (Phi) is 6.15. The number of hydrogen-bond acceptors (Lipinski definition) is 5. The molecule has 1 amide bonds. The van der Waals surface area contributed by atoms with E-state index in [1.165, 1.54) is 17.4 Å². The summed E-state index contributed by atoms with van der Waals surface area (Å²) >= 11 is 7.69. The van der Waals surface area contributed by atoms with Gasteiger partial charge >= 0.3 is 0 Å². The molecule has 5 rings (SSSR count). The Morgan fingerprint density at radius 1 is 0.857 bits per heavy atom. The minimum atomic E-state index is -3.33. The lowest BCUT2D eigenvalue weighted by atomic mass is 9.99. The van der Waals surface area contributed by atoms with Gasteiger partial charge in [-0.1, -0.05) is 77.5 Å². The number of benzene rings is 4. The number of hydrogen-bond donors (Lipinski definition) is 1. The summed E-state index contributed by atoms with van der Waals surface area (Å²) < 4.78 is 24.3. The summed E-state index contributed by atoms with van der Waals surface area (Å²) in [6.45, 7) is 0. The van der Waals surface area contributed by atoms with Crippen molar-refractivity contribution in [3.63, 3.8) is 0 Å². The zero-order valence-electron chi connectivity index (χ0n) is 18.5. The molecule has 0 atom stereocenters. The second kappa shape index (κ2) is 9.26. The van der Waals surface area contributed by atoms with Crippen molar-refractivity contribution in [2.24, 2.45) is 0 Å². The summed E-state index contributed by atoms with van der Waals surface area (Å²) in [7, 11) is -3.33. The van der Waals surface area contributed by atoms with Crippen molar-refractivity contribution in [2.75, 3.05) is 11.6 Å². The molecule has 4 aromatic carbocycles. The molecule has 1 N–H and O–H groups in total. The highest BCUT2D eigenvalue weighted by Gasteiger charge is 2.15. The Labute approximate surface area is 212 Å². The number of halogens is 1. The number of sulfone groups is 1. The first-order valence-electron chi connectivity index (χ1n) is 10.7. The maximum Gasteiger partial charge on any atom is 0.257 e. The molecule has 0 bridgehead atoms. The normalized spacial score (nSPS) is 11.5. The quantitative estimate of drug-likeness (QED) is 0.273. The number of aromatic nitrogens is 1. The molecule has 8 heteroatoms. The second-order valence-electron chi connectivity index (χ2n) is 8.01. The smallest absolute Gasteiger partial charge is 0.257 e. The van der Waals surface area contributed by atoms with Gasteiger partial charge in [-0.05, 0) is 53.1 Å². The van der Waals surface area contributed by atoms with E-state index in [0.29, 0.717) is 25.9 Å². The van der Waals surface area contributed by atoms with Crippen molar-refractivity contribution in [1.29, 1.82) is 0 Å². The van der Waals surface area contributed by atoms with Gasteiger partial charge in [0.1, 0.15) is 0 Å². The fourth-order valence-corrected chi connectivity index (χ4v) is 5.57. The van der Waals surface area contributed by atoms with Crippen LogP contribution in [0.15, 0.2) is 95.9 Å². The van der Waals surface area contributed by atoms with Gasteiger partial charge in [-0.3, -0.25) is 10.1 Å². The lowest BCUT2D eigenvalue weighted by Gasteiger charge is -2.09. The molecule has 5 nitrogen and oxygen atoms in total. The maximum absolute atomic E-state index is 13.0. The number of anilines is 1. The average molecular weight is 519 g/mol. The molecule has 5 aromatic rings. The van der Waals surface area contributed by atoms with Crippen molar-refractivity contribution in [3.8, 4) is 22.3 Å². The zero-order valence-corrected chi connectivity index (χ0v) is 20.9. The van der Waals surface area contributed by atoms with Crippen LogP contribution >= 0.6 is 22.9 Å². The van der Waals surface area contributed by atoms with Gasteiger partial charge in [0, 0.05) is 22.4 Å². The van der Waals surface area contributed by atoms with E-state index in [0.717, 1.165) is 28.5 Å². The Hall–Kier alpha value is -3.52. The number of nitrogens with zero attached hydrogens (tertiary/aromatic N) is 1.